The lowest BCUT2D eigenvalue weighted by molar-refractivity contribution is -0.121. The fourth-order valence-corrected chi connectivity index (χ4v) is 1.62. The molecule has 1 rings (SSSR count). The molecule has 15 heavy (non-hydrogen) atoms. The van der Waals surface area contributed by atoms with E-state index in [2.05, 4.69) is 32.0 Å². The largest absolute Gasteiger partial charge is 0.373 e. The highest BCUT2D eigenvalue weighted by Gasteiger charge is 1.97. The Bertz CT molecular complexity index is 322. The molecule has 0 heterocycles. The topological polar surface area (TPSA) is 26.3 Å². The Hall–Kier alpha value is -1.15. The van der Waals surface area contributed by atoms with Crippen molar-refractivity contribution in [3.63, 3.8) is 0 Å². The lowest BCUT2D eigenvalue weighted by Gasteiger charge is -2.05. The van der Waals surface area contributed by atoms with Crippen LogP contribution in [0.1, 0.15) is 23.6 Å². The summed E-state index contributed by atoms with van der Waals surface area (Å²) < 4.78 is 5.23. The van der Waals surface area contributed by atoms with Crippen LogP contribution in [0, 0.1) is 13.8 Å². The summed E-state index contributed by atoms with van der Waals surface area (Å²) in [6.07, 6.45) is 0.871. The molecule has 0 unspecified atom stereocenters. The number of carbonyl (C=O) groups is 1. The van der Waals surface area contributed by atoms with E-state index < -0.39 is 0 Å². The Morgan fingerprint density at radius 1 is 1.20 bits per heavy atom. The molecule has 0 aliphatic rings. The van der Waals surface area contributed by atoms with Gasteiger partial charge in [0, 0.05) is 0 Å². The molecule has 0 fully saturated rings. The highest BCUT2D eigenvalue weighted by Crippen LogP contribution is 2.09. The van der Waals surface area contributed by atoms with Crippen molar-refractivity contribution in [2.75, 3.05) is 13.2 Å². The second-order valence-corrected chi connectivity index (χ2v) is 4.00. The van der Waals surface area contributed by atoms with Gasteiger partial charge in [-0.25, -0.2) is 0 Å². The summed E-state index contributed by atoms with van der Waals surface area (Å²) in [7, 11) is 0. The molecule has 0 aliphatic carbocycles. The van der Waals surface area contributed by atoms with E-state index in [1.165, 1.54) is 23.6 Å². The summed E-state index contributed by atoms with van der Waals surface area (Å²) in [5, 5.41) is 0. The number of aryl methyl sites for hydroxylation is 2. The highest BCUT2D eigenvalue weighted by atomic mass is 16.5. The van der Waals surface area contributed by atoms with Gasteiger partial charge in [-0.2, -0.15) is 0 Å². The molecule has 0 spiro atoms. The lowest BCUT2D eigenvalue weighted by atomic mass is 10.1. The molecular formula is C13H18O2. The fourth-order valence-electron chi connectivity index (χ4n) is 1.62. The van der Waals surface area contributed by atoms with Crippen LogP contribution in [0.5, 0.6) is 0 Å². The van der Waals surface area contributed by atoms with Crippen molar-refractivity contribution in [1.29, 1.82) is 0 Å². The molecule has 0 radical (unpaired) electrons. The van der Waals surface area contributed by atoms with Gasteiger partial charge in [0.2, 0.25) is 0 Å². The van der Waals surface area contributed by atoms with E-state index in [4.69, 9.17) is 4.74 Å². The highest BCUT2D eigenvalue weighted by molar-refractivity contribution is 5.76. The van der Waals surface area contributed by atoms with Gasteiger partial charge >= 0.3 is 0 Å². The van der Waals surface area contributed by atoms with Crippen LogP contribution in [0.15, 0.2) is 18.2 Å². The van der Waals surface area contributed by atoms with Gasteiger partial charge in [-0.3, -0.25) is 4.79 Å². The Morgan fingerprint density at radius 3 is 2.33 bits per heavy atom. The summed E-state index contributed by atoms with van der Waals surface area (Å²) >= 11 is 0. The SMILES string of the molecule is CC(=O)COCCc1cc(C)cc(C)c1. The van der Waals surface area contributed by atoms with Crippen LogP contribution in [0.2, 0.25) is 0 Å². The molecule has 0 saturated carbocycles. The van der Waals surface area contributed by atoms with Crippen molar-refractivity contribution in [1.82, 2.24) is 0 Å². The second kappa shape index (κ2) is 5.66. The van der Waals surface area contributed by atoms with Crippen LogP contribution in [-0.2, 0) is 16.0 Å². The van der Waals surface area contributed by atoms with Crippen LogP contribution < -0.4 is 0 Å². The third kappa shape index (κ3) is 4.75. The fraction of sp³-hybridized carbons (Fsp3) is 0.462. The van der Waals surface area contributed by atoms with Gasteiger partial charge in [0.05, 0.1) is 6.61 Å². The number of Topliss-reactive ketones (excluding diaryl/α,β-unsaturated/α-hetero) is 1. The number of hydrogen-bond donors (Lipinski definition) is 0. The Kier molecular flexibility index (Phi) is 4.50. The first-order chi connectivity index (χ1) is 7.08. The third-order valence-electron chi connectivity index (χ3n) is 2.12. The quantitative estimate of drug-likeness (QED) is 0.692. The summed E-state index contributed by atoms with van der Waals surface area (Å²) in [5.74, 6) is 0.0791. The van der Waals surface area contributed by atoms with Crippen molar-refractivity contribution >= 4 is 5.78 Å². The predicted octanol–water partition coefficient (Wildman–Crippen LogP) is 2.45. The van der Waals surface area contributed by atoms with Crippen molar-refractivity contribution in [2.45, 2.75) is 27.2 Å². The lowest BCUT2D eigenvalue weighted by Crippen LogP contribution is -2.06. The molecule has 0 atom stereocenters. The predicted molar refractivity (Wildman–Crippen MR) is 61.1 cm³/mol. The van der Waals surface area contributed by atoms with E-state index in [0.717, 1.165) is 6.42 Å². The molecule has 0 bridgehead atoms. The average Bonchev–Trinajstić information content (AvgIpc) is 2.10. The molecule has 0 amide bonds. The zero-order valence-corrected chi connectivity index (χ0v) is 9.67. The summed E-state index contributed by atoms with van der Waals surface area (Å²) in [6.45, 7) is 6.56. The van der Waals surface area contributed by atoms with E-state index in [0.29, 0.717) is 6.61 Å². The number of ether oxygens (including phenoxy) is 1. The van der Waals surface area contributed by atoms with Crippen molar-refractivity contribution in [3.05, 3.63) is 34.9 Å². The minimum atomic E-state index is 0.0791. The smallest absolute Gasteiger partial charge is 0.155 e. The molecule has 1 aromatic rings. The standard InChI is InChI=1S/C13H18O2/c1-10-6-11(2)8-13(7-10)4-5-15-9-12(3)14/h6-8H,4-5,9H2,1-3H3. The maximum Gasteiger partial charge on any atom is 0.155 e. The molecule has 0 aliphatic heterocycles. The zero-order valence-electron chi connectivity index (χ0n) is 9.67. The van der Waals surface area contributed by atoms with E-state index in [-0.39, 0.29) is 12.4 Å². The van der Waals surface area contributed by atoms with Crippen molar-refractivity contribution in [2.24, 2.45) is 0 Å². The number of hydrogen-bond acceptors (Lipinski definition) is 2. The van der Waals surface area contributed by atoms with Gasteiger partial charge in [-0.1, -0.05) is 29.3 Å². The van der Waals surface area contributed by atoms with Crippen molar-refractivity contribution < 1.29 is 9.53 Å². The van der Waals surface area contributed by atoms with Crippen LogP contribution in [0.4, 0.5) is 0 Å². The van der Waals surface area contributed by atoms with Crippen LogP contribution >= 0.6 is 0 Å². The molecule has 2 heteroatoms. The third-order valence-corrected chi connectivity index (χ3v) is 2.12. The van der Waals surface area contributed by atoms with Crippen LogP contribution in [-0.4, -0.2) is 19.0 Å². The number of ketones is 1. The summed E-state index contributed by atoms with van der Waals surface area (Å²) in [6, 6.07) is 6.47. The van der Waals surface area contributed by atoms with Crippen molar-refractivity contribution in [3.8, 4) is 0 Å². The van der Waals surface area contributed by atoms with E-state index >= 15 is 0 Å². The summed E-state index contributed by atoms with van der Waals surface area (Å²) in [4.78, 5) is 10.6. The monoisotopic (exact) mass is 206 g/mol. The van der Waals surface area contributed by atoms with Gasteiger partial charge in [-0.05, 0) is 32.8 Å². The Labute approximate surface area is 91.3 Å². The average molecular weight is 206 g/mol. The second-order valence-electron chi connectivity index (χ2n) is 4.00. The normalized spacial score (nSPS) is 10.3. The van der Waals surface area contributed by atoms with Gasteiger partial charge in [-0.15, -0.1) is 0 Å². The van der Waals surface area contributed by atoms with Gasteiger partial charge in [0.15, 0.2) is 5.78 Å². The van der Waals surface area contributed by atoms with Crippen LogP contribution in [0.3, 0.4) is 0 Å². The first-order valence-electron chi connectivity index (χ1n) is 5.22. The maximum atomic E-state index is 10.6. The maximum absolute atomic E-state index is 10.6. The molecule has 0 N–H and O–H groups in total. The number of carbonyl (C=O) groups excluding carboxylic acids is 1. The Balaban J connectivity index is 2.40. The van der Waals surface area contributed by atoms with Gasteiger partial charge in [0.25, 0.3) is 0 Å². The first-order valence-corrected chi connectivity index (χ1v) is 5.22. The minimum absolute atomic E-state index is 0.0791. The van der Waals surface area contributed by atoms with Crippen LogP contribution in [0.25, 0.3) is 0 Å². The number of benzene rings is 1. The molecule has 0 saturated heterocycles. The molecule has 82 valence electrons. The molecular weight excluding hydrogens is 188 g/mol. The number of rotatable bonds is 5. The minimum Gasteiger partial charge on any atom is -0.373 e. The van der Waals surface area contributed by atoms with E-state index in [1.54, 1.807) is 0 Å². The zero-order chi connectivity index (χ0) is 11.3. The Morgan fingerprint density at radius 2 is 1.80 bits per heavy atom. The van der Waals surface area contributed by atoms with E-state index in [9.17, 15) is 4.79 Å². The molecule has 0 aromatic heterocycles. The molecule has 2 nitrogen and oxygen atoms in total. The van der Waals surface area contributed by atoms with Gasteiger partial charge < -0.3 is 4.74 Å². The first kappa shape index (κ1) is 11.9. The molecule has 1 aromatic carbocycles. The summed E-state index contributed by atoms with van der Waals surface area (Å²) in [5.41, 5.74) is 3.82. The van der Waals surface area contributed by atoms with E-state index in [1.807, 2.05) is 0 Å². The van der Waals surface area contributed by atoms with Gasteiger partial charge in [0.1, 0.15) is 6.61 Å².